The summed E-state index contributed by atoms with van der Waals surface area (Å²) in [6.45, 7) is 3.83. The number of aromatic nitrogens is 1. The number of thiophene rings is 1. The summed E-state index contributed by atoms with van der Waals surface area (Å²) < 4.78 is 28.3. The van der Waals surface area contributed by atoms with Gasteiger partial charge in [-0.1, -0.05) is 0 Å². The molecule has 0 saturated heterocycles. The number of hydrogen-bond donors (Lipinski definition) is 0. The van der Waals surface area contributed by atoms with Gasteiger partial charge in [0.25, 0.3) is 0 Å². The van der Waals surface area contributed by atoms with Gasteiger partial charge in [0.05, 0.1) is 15.9 Å². The summed E-state index contributed by atoms with van der Waals surface area (Å²) in [5.41, 5.74) is 3.73. The maximum atomic E-state index is 13.2. The number of allylic oxidation sites excluding steroid dienone is 2. The summed E-state index contributed by atoms with van der Waals surface area (Å²) in [7, 11) is -2.55. The smallest absolute Gasteiger partial charge is 0.324 e. The molecule has 0 spiro atoms. The zero-order valence-corrected chi connectivity index (χ0v) is 11.3. The monoisotopic (exact) mass is 276 g/mol. The Morgan fingerprint density at radius 2 is 2.16 bits per heavy atom. The third-order valence-electron chi connectivity index (χ3n) is 3.10. The van der Waals surface area contributed by atoms with Crippen molar-refractivity contribution in [2.24, 2.45) is 4.99 Å². The van der Waals surface area contributed by atoms with Crippen molar-refractivity contribution in [3.8, 4) is 0 Å². The molecule has 0 bridgehead atoms. The molecule has 2 nitrogen and oxygen atoms in total. The summed E-state index contributed by atoms with van der Waals surface area (Å²) in [6.07, 6.45) is 3.67. The first-order valence-corrected chi connectivity index (χ1v) is 6.76. The molecule has 1 aliphatic heterocycles. The Kier molecular flexibility index (Phi) is 2.90. The van der Waals surface area contributed by atoms with E-state index in [1.807, 2.05) is 25.3 Å². The molecule has 0 unspecified atom stereocenters. The van der Waals surface area contributed by atoms with Gasteiger partial charge in [-0.2, -0.15) is 0 Å². The van der Waals surface area contributed by atoms with Crippen LogP contribution < -0.4 is 0 Å². The summed E-state index contributed by atoms with van der Waals surface area (Å²) in [4.78, 5) is 4.35. The average molecular weight is 276 g/mol. The predicted octanol–water partition coefficient (Wildman–Crippen LogP) is 4.24. The molecule has 96 valence electrons. The topological polar surface area (TPSA) is 17.3 Å². The first-order chi connectivity index (χ1) is 9.06. The van der Waals surface area contributed by atoms with Gasteiger partial charge in [-0.3, -0.25) is 13.6 Å². The molecule has 1 aliphatic rings. The molecular formula is C13H11BF2N2S. The van der Waals surface area contributed by atoms with Crippen molar-refractivity contribution in [2.75, 3.05) is 0 Å². The first kappa shape index (κ1) is 12.4. The van der Waals surface area contributed by atoms with Crippen molar-refractivity contribution >= 4 is 40.7 Å². The second-order valence-electron chi connectivity index (χ2n) is 4.50. The number of nitrogens with zero attached hydrogens (tertiary/aromatic N) is 2. The zero-order valence-electron chi connectivity index (χ0n) is 10.5. The van der Waals surface area contributed by atoms with Gasteiger partial charge >= 0.3 is 7.40 Å². The van der Waals surface area contributed by atoms with Crippen molar-refractivity contribution < 1.29 is 8.63 Å². The van der Waals surface area contributed by atoms with Crippen LogP contribution in [-0.4, -0.2) is 17.6 Å². The molecule has 0 atom stereocenters. The standard InChI is InChI=1S/C13H11BF2N2S/c1-8-5-9(2)17-11(8)6-10-7-13-12(3-4-19-13)18(10)14(15)16/h3-7H,1-2H3/b11-6+. The van der Waals surface area contributed by atoms with Crippen LogP contribution in [0.15, 0.2) is 39.9 Å². The highest BCUT2D eigenvalue weighted by Crippen LogP contribution is 2.29. The van der Waals surface area contributed by atoms with E-state index < -0.39 is 7.40 Å². The molecule has 2 aromatic heterocycles. The fourth-order valence-electron chi connectivity index (χ4n) is 2.28. The Balaban J connectivity index is 2.16. The van der Waals surface area contributed by atoms with Gasteiger partial charge < -0.3 is 4.48 Å². The lowest BCUT2D eigenvalue weighted by Gasteiger charge is -2.03. The zero-order chi connectivity index (χ0) is 13.6. The molecule has 0 aliphatic carbocycles. The van der Waals surface area contributed by atoms with Crippen molar-refractivity contribution in [2.45, 2.75) is 13.8 Å². The van der Waals surface area contributed by atoms with Gasteiger partial charge in [0.1, 0.15) is 0 Å². The summed E-state index contributed by atoms with van der Waals surface area (Å²) >= 11 is 1.47. The molecule has 6 heteroatoms. The van der Waals surface area contributed by atoms with Crippen LogP contribution in [0.2, 0.25) is 0 Å². The lowest BCUT2D eigenvalue weighted by atomic mass is 10.1. The number of aliphatic imine (C=N–C) groups is 1. The number of fused-ring (bicyclic) bond motifs is 1. The van der Waals surface area contributed by atoms with Gasteiger partial charge in [-0.25, -0.2) is 0 Å². The summed E-state index contributed by atoms with van der Waals surface area (Å²) in [5, 5.41) is 1.82. The van der Waals surface area contributed by atoms with Crippen molar-refractivity contribution in [3.05, 3.63) is 40.6 Å². The fraction of sp³-hybridized carbons (Fsp3) is 0.154. The first-order valence-electron chi connectivity index (χ1n) is 5.88. The van der Waals surface area contributed by atoms with E-state index in [0.29, 0.717) is 11.2 Å². The van der Waals surface area contributed by atoms with Crippen LogP contribution in [0.3, 0.4) is 0 Å². The summed E-state index contributed by atoms with van der Waals surface area (Å²) in [5.74, 6) is 0. The molecule has 0 amide bonds. The molecule has 3 rings (SSSR count). The molecule has 3 heterocycles. The molecule has 19 heavy (non-hydrogen) atoms. The van der Waals surface area contributed by atoms with Gasteiger partial charge in [-0.15, -0.1) is 11.3 Å². The van der Waals surface area contributed by atoms with Crippen LogP contribution in [-0.2, 0) is 0 Å². The highest BCUT2D eigenvalue weighted by atomic mass is 32.1. The second kappa shape index (κ2) is 4.45. The van der Waals surface area contributed by atoms with Crippen LogP contribution in [0.5, 0.6) is 0 Å². The van der Waals surface area contributed by atoms with Gasteiger partial charge in [-0.05, 0) is 49.1 Å². The van der Waals surface area contributed by atoms with Crippen molar-refractivity contribution in [1.82, 2.24) is 4.48 Å². The molecule has 0 saturated carbocycles. The number of hydrogen-bond acceptors (Lipinski definition) is 2. The molecule has 0 aromatic carbocycles. The molecule has 0 radical (unpaired) electrons. The minimum absolute atomic E-state index is 0.498. The van der Waals surface area contributed by atoms with Crippen LogP contribution in [0.1, 0.15) is 19.5 Å². The molecule has 2 aromatic rings. The Morgan fingerprint density at radius 1 is 1.37 bits per heavy atom. The maximum Gasteiger partial charge on any atom is 0.678 e. The molecular weight excluding hydrogens is 265 g/mol. The highest BCUT2D eigenvalue weighted by Gasteiger charge is 2.23. The normalized spacial score (nSPS) is 17.2. The predicted molar refractivity (Wildman–Crippen MR) is 78.0 cm³/mol. The van der Waals surface area contributed by atoms with Crippen LogP contribution in [0.4, 0.5) is 8.63 Å². The lowest BCUT2D eigenvalue weighted by molar-refractivity contribution is 0.633. The third kappa shape index (κ3) is 2.06. The molecule has 0 fully saturated rings. The summed E-state index contributed by atoms with van der Waals surface area (Å²) in [6, 6.07) is 3.51. The maximum absolute atomic E-state index is 13.2. The van der Waals surface area contributed by atoms with E-state index in [1.165, 1.54) is 11.3 Å². The lowest BCUT2D eigenvalue weighted by Crippen LogP contribution is -2.13. The van der Waals surface area contributed by atoms with Gasteiger partial charge in [0.2, 0.25) is 0 Å². The fourth-order valence-corrected chi connectivity index (χ4v) is 3.10. The van der Waals surface area contributed by atoms with Gasteiger partial charge in [0, 0.05) is 11.4 Å². The Labute approximate surface area is 114 Å². The minimum atomic E-state index is -2.55. The van der Waals surface area contributed by atoms with Crippen molar-refractivity contribution in [3.63, 3.8) is 0 Å². The van der Waals surface area contributed by atoms with E-state index in [1.54, 1.807) is 18.2 Å². The Hall–Kier alpha value is -1.69. The van der Waals surface area contributed by atoms with E-state index in [0.717, 1.165) is 26.2 Å². The van der Waals surface area contributed by atoms with Crippen LogP contribution >= 0.6 is 11.3 Å². The quantitative estimate of drug-likeness (QED) is 0.730. The van der Waals surface area contributed by atoms with Gasteiger partial charge in [0.15, 0.2) is 0 Å². The average Bonchev–Trinajstić information content (AvgIpc) is 2.93. The Morgan fingerprint density at radius 3 is 2.79 bits per heavy atom. The Bertz CT molecular complexity index is 737. The van der Waals surface area contributed by atoms with E-state index in [-0.39, 0.29) is 0 Å². The largest absolute Gasteiger partial charge is 0.678 e. The van der Waals surface area contributed by atoms with E-state index in [2.05, 4.69) is 4.99 Å². The third-order valence-corrected chi connectivity index (χ3v) is 3.95. The van der Waals surface area contributed by atoms with Crippen molar-refractivity contribution in [1.29, 1.82) is 0 Å². The van der Waals surface area contributed by atoms with E-state index >= 15 is 0 Å². The SMILES string of the molecule is CC1=CC(C)=N/C1=C/c1cc2sccc2n1B(F)F. The number of rotatable bonds is 2. The van der Waals surface area contributed by atoms with E-state index in [4.69, 9.17) is 0 Å². The second-order valence-corrected chi connectivity index (χ2v) is 5.44. The minimum Gasteiger partial charge on any atom is -0.324 e. The highest BCUT2D eigenvalue weighted by molar-refractivity contribution is 7.17. The molecule has 0 N–H and O–H groups in total. The number of halogens is 2. The van der Waals surface area contributed by atoms with Crippen LogP contribution in [0.25, 0.3) is 16.3 Å². The van der Waals surface area contributed by atoms with Crippen LogP contribution in [0, 0.1) is 0 Å². The van der Waals surface area contributed by atoms with E-state index in [9.17, 15) is 8.63 Å².